The highest BCUT2D eigenvalue weighted by Gasteiger charge is 2.38. The van der Waals surface area contributed by atoms with Gasteiger partial charge < -0.3 is 20.1 Å². The van der Waals surface area contributed by atoms with Crippen molar-refractivity contribution in [3.05, 3.63) is 30.3 Å². The molecule has 0 bridgehead atoms. The molecular weight excluding hydrogens is 226 g/mol. The monoisotopic (exact) mass is 241 g/mol. The van der Waals surface area contributed by atoms with Crippen molar-refractivity contribution in [2.45, 2.75) is 24.6 Å². The van der Waals surface area contributed by atoms with Crippen LogP contribution in [-0.4, -0.2) is 46.5 Å². The number of ether oxygens (including phenoxy) is 1. The molecule has 6 nitrogen and oxygen atoms in total. The average Bonchev–Trinajstić information content (AvgIpc) is 2.36. The largest absolute Gasteiger partial charge is 0.388 e. The Morgan fingerprint density at radius 1 is 1.12 bits per heavy atom. The molecule has 1 fully saturated rings. The number of anilines is 1. The first-order chi connectivity index (χ1) is 8.18. The molecule has 2 rings (SSSR count). The molecule has 0 amide bonds. The zero-order chi connectivity index (χ0) is 12.3. The molecule has 0 spiro atoms. The molecule has 1 heterocycles. The zero-order valence-corrected chi connectivity index (χ0v) is 9.06. The molecule has 1 aliphatic rings. The van der Waals surface area contributed by atoms with Crippen molar-refractivity contribution in [3.8, 4) is 0 Å². The fourth-order valence-corrected chi connectivity index (χ4v) is 1.52. The Morgan fingerprint density at radius 2 is 1.82 bits per heavy atom. The molecule has 6 heteroatoms. The summed E-state index contributed by atoms with van der Waals surface area (Å²) in [6.07, 6.45) is -4.68. The van der Waals surface area contributed by atoms with Crippen LogP contribution in [0.1, 0.15) is 0 Å². The van der Waals surface area contributed by atoms with Gasteiger partial charge in [-0.15, -0.1) is 0 Å². The highest BCUT2D eigenvalue weighted by Crippen LogP contribution is 2.17. The van der Waals surface area contributed by atoms with E-state index in [1.807, 2.05) is 18.2 Å². The lowest BCUT2D eigenvalue weighted by Gasteiger charge is -2.34. The second-order valence-electron chi connectivity index (χ2n) is 3.84. The minimum atomic E-state index is -1.30. The highest BCUT2D eigenvalue weighted by atomic mass is 16.8. The first kappa shape index (κ1) is 12.3. The Balaban J connectivity index is 1.87. The molecule has 1 aromatic rings. The van der Waals surface area contributed by atoms with Gasteiger partial charge in [0.05, 0.1) is 12.3 Å². The Kier molecular flexibility index (Phi) is 3.93. The topological polar surface area (TPSA) is 91.2 Å². The third kappa shape index (κ3) is 2.93. The Morgan fingerprint density at radius 3 is 2.53 bits per heavy atom. The molecule has 0 unspecified atom stereocenters. The molecule has 0 radical (unpaired) electrons. The van der Waals surface area contributed by atoms with Gasteiger partial charge in [-0.05, 0) is 12.1 Å². The maximum Gasteiger partial charge on any atom is 0.212 e. The molecule has 1 saturated heterocycles. The van der Waals surface area contributed by atoms with Crippen LogP contribution in [-0.2, 0) is 9.57 Å². The van der Waals surface area contributed by atoms with Crippen molar-refractivity contribution in [1.82, 2.24) is 0 Å². The number of benzene rings is 1. The Bertz CT molecular complexity index is 347. The number of para-hydroxylation sites is 1. The number of rotatable bonds is 3. The minimum absolute atomic E-state index is 0.0840. The summed E-state index contributed by atoms with van der Waals surface area (Å²) in [6, 6.07) is 9.06. The summed E-state index contributed by atoms with van der Waals surface area (Å²) >= 11 is 0. The predicted molar refractivity (Wildman–Crippen MR) is 58.9 cm³/mol. The summed E-state index contributed by atoms with van der Waals surface area (Å²) in [5, 5.41) is 28.3. The summed E-state index contributed by atoms with van der Waals surface area (Å²) in [6.45, 7) is -0.0840. The molecule has 4 atom stereocenters. The molecule has 1 aromatic carbocycles. The van der Waals surface area contributed by atoms with Crippen LogP contribution in [0.15, 0.2) is 30.3 Å². The lowest BCUT2D eigenvalue weighted by Crippen LogP contribution is -2.54. The quantitative estimate of drug-likeness (QED) is 0.532. The van der Waals surface area contributed by atoms with Crippen LogP contribution in [0.5, 0.6) is 0 Å². The third-order valence-corrected chi connectivity index (χ3v) is 2.52. The van der Waals surface area contributed by atoms with Crippen molar-refractivity contribution < 1.29 is 24.9 Å². The van der Waals surface area contributed by atoms with Gasteiger partial charge in [-0.25, -0.2) is 4.84 Å². The van der Waals surface area contributed by atoms with Crippen LogP contribution in [0.25, 0.3) is 0 Å². The summed E-state index contributed by atoms with van der Waals surface area (Å²) in [7, 11) is 0. The normalized spacial score (nSPS) is 33.4. The van der Waals surface area contributed by atoms with Crippen molar-refractivity contribution in [2.75, 3.05) is 12.1 Å². The van der Waals surface area contributed by atoms with E-state index in [1.54, 1.807) is 12.1 Å². The van der Waals surface area contributed by atoms with Crippen LogP contribution in [0, 0.1) is 0 Å². The summed E-state index contributed by atoms with van der Waals surface area (Å²) in [5.41, 5.74) is 3.30. The lowest BCUT2D eigenvalue weighted by molar-refractivity contribution is -0.261. The van der Waals surface area contributed by atoms with E-state index >= 15 is 0 Å². The van der Waals surface area contributed by atoms with Crippen LogP contribution < -0.4 is 5.48 Å². The van der Waals surface area contributed by atoms with E-state index in [0.29, 0.717) is 5.69 Å². The number of aliphatic hydroxyl groups excluding tert-OH is 3. The van der Waals surface area contributed by atoms with E-state index in [2.05, 4.69) is 5.48 Å². The molecule has 0 saturated carbocycles. The van der Waals surface area contributed by atoms with E-state index in [-0.39, 0.29) is 6.61 Å². The summed E-state index contributed by atoms with van der Waals surface area (Å²) < 4.78 is 5.05. The van der Waals surface area contributed by atoms with Crippen molar-refractivity contribution in [2.24, 2.45) is 0 Å². The average molecular weight is 241 g/mol. The minimum Gasteiger partial charge on any atom is -0.388 e. The van der Waals surface area contributed by atoms with Crippen LogP contribution in [0.4, 0.5) is 5.69 Å². The van der Waals surface area contributed by atoms with Crippen LogP contribution in [0.3, 0.4) is 0 Å². The Hall–Kier alpha value is -1.18. The molecular formula is C11H15NO5. The molecule has 4 N–H and O–H groups in total. The van der Waals surface area contributed by atoms with Gasteiger partial charge in [-0.3, -0.25) is 5.48 Å². The summed E-state index contributed by atoms with van der Waals surface area (Å²) in [5.74, 6) is 0. The highest BCUT2D eigenvalue weighted by molar-refractivity contribution is 5.40. The summed E-state index contributed by atoms with van der Waals surface area (Å²) in [4.78, 5) is 5.11. The van der Waals surface area contributed by atoms with Gasteiger partial charge in [0.15, 0.2) is 0 Å². The van der Waals surface area contributed by atoms with Gasteiger partial charge in [-0.1, -0.05) is 18.2 Å². The smallest absolute Gasteiger partial charge is 0.212 e. The number of aliphatic hydroxyl groups is 3. The lowest BCUT2D eigenvalue weighted by atomic mass is 10.1. The van der Waals surface area contributed by atoms with E-state index in [0.717, 1.165) is 0 Å². The molecule has 1 aliphatic heterocycles. The zero-order valence-electron chi connectivity index (χ0n) is 9.06. The fraction of sp³-hybridized carbons (Fsp3) is 0.455. The fourth-order valence-electron chi connectivity index (χ4n) is 1.52. The maximum absolute atomic E-state index is 9.59. The standard InChI is InChI=1S/C11H15NO5/c13-8-6-16-11(10(15)9(8)14)17-12-7-4-2-1-3-5-7/h1-5,8-15H,6H2/t8-,9+,10+,11-/m1/s1. The van der Waals surface area contributed by atoms with E-state index in [9.17, 15) is 15.3 Å². The van der Waals surface area contributed by atoms with Gasteiger partial charge in [0.2, 0.25) is 6.29 Å². The molecule has 17 heavy (non-hydrogen) atoms. The number of nitrogens with one attached hydrogen (secondary N) is 1. The van der Waals surface area contributed by atoms with Gasteiger partial charge >= 0.3 is 0 Å². The van der Waals surface area contributed by atoms with E-state index in [4.69, 9.17) is 9.57 Å². The van der Waals surface area contributed by atoms with Gasteiger partial charge in [0.25, 0.3) is 0 Å². The van der Waals surface area contributed by atoms with Gasteiger partial charge in [0.1, 0.15) is 18.3 Å². The van der Waals surface area contributed by atoms with Crippen LogP contribution in [0.2, 0.25) is 0 Å². The number of hydrogen-bond acceptors (Lipinski definition) is 6. The Labute approximate surface area is 98.4 Å². The third-order valence-electron chi connectivity index (χ3n) is 2.52. The number of hydrogen-bond donors (Lipinski definition) is 4. The van der Waals surface area contributed by atoms with Gasteiger partial charge in [0, 0.05) is 0 Å². The SMILES string of the molecule is O[C@@H]1[C@@H](ONc2ccccc2)OC[C@@H](O)[C@@H]1O. The van der Waals surface area contributed by atoms with Crippen molar-refractivity contribution in [1.29, 1.82) is 0 Å². The van der Waals surface area contributed by atoms with Crippen LogP contribution >= 0.6 is 0 Å². The van der Waals surface area contributed by atoms with E-state index in [1.165, 1.54) is 0 Å². The predicted octanol–water partition coefficient (Wildman–Crippen LogP) is -0.531. The molecule has 94 valence electrons. The second kappa shape index (κ2) is 5.44. The second-order valence-corrected chi connectivity index (χ2v) is 3.84. The first-order valence-electron chi connectivity index (χ1n) is 5.31. The first-order valence-corrected chi connectivity index (χ1v) is 5.31. The van der Waals surface area contributed by atoms with Gasteiger partial charge in [-0.2, -0.15) is 0 Å². The molecule has 0 aromatic heterocycles. The molecule has 0 aliphatic carbocycles. The maximum atomic E-state index is 9.59. The van der Waals surface area contributed by atoms with Crippen molar-refractivity contribution >= 4 is 5.69 Å². The van der Waals surface area contributed by atoms with Crippen molar-refractivity contribution in [3.63, 3.8) is 0 Å². The van der Waals surface area contributed by atoms with E-state index < -0.39 is 24.6 Å².